The summed E-state index contributed by atoms with van der Waals surface area (Å²) in [6.07, 6.45) is 1.55. The number of amides is 1. The summed E-state index contributed by atoms with van der Waals surface area (Å²) in [5, 5.41) is 15.0. The number of rotatable bonds is 6. The Morgan fingerprint density at radius 3 is 2.53 bits per heavy atom. The van der Waals surface area contributed by atoms with Gasteiger partial charge in [0.1, 0.15) is 5.75 Å². The molecule has 2 aromatic carbocycles. The number of aryl methyl sites for hydroxylation is 1. The summed E-state index contributed by atoms with van der Waals surface area (Å²) >= 11 is 2.26. The number of carbonyl (C=O) groups excluding carboxylic acids is 1. The van der Waals surface area contributed by atoms with Crippen molar-refractivity contribution in [2.75, 3.05) is 7.11 Å². The Hall–Kier alpha value is -3.21. The SMILES string of the molecule is COc1ccc([N+](=O)[O-])cc1C(=O)N/N=C\c1cc(C)n(-c2ccc(I)cc2)c1C. The second-order valence-electron chi connectivity index (χ2n) is 6.48. The van der Waals surface area contributed by atoms with Gasteiger partial charge in [0.05, 0.1) is 23.8 Å². The normalized spacial score (nSPS) is 10.9. The maximum Gasteiger partial charge on any atom is 0.275 e. The van der Waals surface area contributed by atoms with Crippen LogP contribution in [0.3, 0.4) is 0 Å². The highest BCUT2D eigenvalue weighted by Gasteiger charge is 2.17. The molecule has 1 heterocycles. The zero-order valence-electron chi connectivity index (χ0n) is 16.5. The van der Waals surface area contributed by atoms with Crippen LogP contribution in [0.5, 0.6) is 5.75 Å². The Morgan fingerprint density at radius 1 is 1.20 bits per heavy atom. The summed E-state index contributed by atoms with van der Waals surface area (Å²) in [5.41, 5.74) is 6.13. The molecule has 3 aromatic rings. The van der Waals surface area contributed by atoms with Crippen LogP contribution < -0.4 is 10.2 Å². The molecule has 0 atom stereocenters. The Balaban J connectivity index is 1.82. The van der Waals surface area contributed by atoms with Crippen molar-refractivity contribution in [1.29, 1.82) is 0 Å². The van der Waals surface area contributed by atoms with Crippen LogP contribution >= 0.6 is 22.6 Å². The number of methoxy groups -OCH3 is 1. The number of hydrogen-bond donors (Lipinski definition) is 1. The van der Waals surface area contributed by atoms with Crippen molar-refractivity contribution in [1.82, 2.24) is 9.99 Å². The smallest absolute Gasteiger partial charge is 0.275 e. The number of non-ortho nitro benzene ring substituents is 1. The minimum atomic E-state index is -0.599. The van der Waals surface area contributed by atoms with E-state index in [9.17, 15) is 14.9 Å². The number of nitro benzene ring substituents is 1. The van der Waals surface area contributed by atoms with Crippen LogP contribution in [0.1, 0.15) is 27.3 Å². The molecule has 9 heteroatoms. The maximum atomic E-state index is 12.5. The van der Waals surface area contributed by atoms with E-state index in [1.165, 1.54) is 19.2 Å². The molecule has 0 unspecified atom stereocenters. The summed E-state index contributed by atoms with van der Waals surface area (Å²) in [4.78, 5) is 22.9. The van der Waals surface area contributed by atoms with Crippen LogP contribution in [-0.4, -0.2) is 28.7 Å². The lowest BCUT2D eigenvalue weighted by atomic mass is 10.1. The molecule has 0 aliphatic heterocycles. The first kappa shape index (κ1) is 21.5. The summed E-state index contributed by atoms with van der Waals surface area (Å²) in [6, 6.07) is 13.9. The van der Waals surface area contributed by atoms with E-state index in [1.54, 1.807) is 6.21 Å². The molecule has 0 saturated carbocycles. The molecule has 1 amide bonds. The summed E-state index contributed by atoms with van der Waals surface area (Å²) in [5.74, 6) is -0.372. The number of nitro groups is 1. The molecule has 0 radical (unpaired) electrons. The number of nitrogens with one attached hydrogen (secondary N) is 1. The molecule has 30 heavy (non-hydrogen) atoms. The molecular weight excluding hydrogens is 499 g/mol. The van der Waals surface area contributed by atoms with Gasteiger partial charge in [0.2, 0.25) is 0 Å². The van der Waals surface area contributed by atoms with Gasteiger partial charge in [-0.05, 0) is 72.8 Å². The van der Waals surface area contributed by atoms with Crippen molar-refractivity contribution in [3.8, 4) is 11.4 Å². The number of hydrazone groups is 1. The molecule has 154 valence electrons. The molecule has 0 spiro atoms. The summed E-state index contributed by atoms with van der Waals surface area (Å²) in [6.45, 7) is 3.96. The third kappa shape index (κ3) is 4.51. The van der Waals surface area contributed by atoms with E-state index < -0.39 is 10.8 Å². The lowest BCUT2D eigenvalue weighted by Gasteiger charge is -2.09. The zero-order chi connectivity index (χ0) is 21.8. The van der Waals surface area contributed by atoms with Crippen molar-refractivity contribution in [2.45, 2.75) is 13.8 Å². The van der Waals surface area contributed by atoms with Gasteiger partial charge >= 0.3 is 0 Å². The first-order valence-corrected chi connectivity index (χ1v) is 10.0. The fourth-order valence-corrected chi connectivity index (χ4v) is 3.47. The molecule has 0 fully saturated rings. The van der Waals surface area contributed by atoms with E-state index in [4.69, 9.17) is 4.74 Å². The van der Waals surface area contributed by atoms with Crippen LogP contribution in [0, 0.1) is 27.5 Å². The highest BCUT2D eigenvalue weighted by molar-refractivity contribution is 14.1. The monoisotopic (exact) mass is 518 g/mol. The van der Waals surface area contributed by atoms with Crippen LogP contribution in [0.25, 0.3) is 5.69 Å². The molecule has 0 bridgehead atoms. The molecule has 0 saturated heterocycles. The molecule has 1 N–H and O–H groups in total. The van der Waals surface area contributed by atoms with Crippen LogP contribution in [0.4, 0.5) is 5.69 Å². The van der Waals surface area contributed by atoms with Gasteiger partial charge in [-0.25, -0.2) is 5.43 Å². The first-order chi connectivity index (χ1) is 14.3. The standard InChI is InChI=1S/C21H19IN4O4/c1-13-10-15(14(2)25(13)17-6-4-16(22)5-7-17)12-23-24-21(27)19-11-18(26(28)29)8-9-20(19)30-3/h4-12H,1-3H3,(H,24,27)/b23-12-. The van der Waals surface area contributed by atoms with Gasteiger partial charge in [0.15, 0.2) is 0 Å². The first-order valence-electron chi connectivity index (χ1n) is 8.92. The van der Waals surface area contributed by atoms with Crippen molar-refractivity contribution in [2.24, 2.45) is 5.10 Å². The maximum absolute atomic E-state index is 12.5. The second kappa shape index (κ2) is 9.08. The number of ether oxygens (including phenoxy) is 1. The lowest BCUT2D eigenvalue weighted by Crippen LogP contribution is -2.18. The predicted molar refractivity (Wildman–Crippen MR) is 123 cm³/mol. The van der Waals surface area contributed by atoms with Gasteiger partial charge in [-0.2, -0.15) is 5.10 Å². The Kier molecular flexibility index (Phi) is 6.50. The highest BCUT2D eigenvalue weighted by atomic mass is 127. The van der Waals surface area contributed by atoms with E-state index in [0.717, 1.165) is 32.3 Å². The van der Waals surface area contributed by atoms with E-state index in [2.05, 4.69) is 37.7 Å². The molecule has 3 rings (SSSR count). The predicted octanol–water partition coefficient (Wildman–Crippen LogP) is 4.38. The fourth-order valence-electron chi connectivity index (χ4n) is 3.11. The van der Waals surface area contributed by atoms with E-state index >= 15 is 0 Å². The summed E-state index contributed by atoms with van der Waals surface area (Å²) in [7, 11) is 1.39. The zero-order valence-corrected chi connectivity index (χ0v) is 18.7. The third-order valence-corrected chi connectivity index (χ3v) is 5.28. The average Bonchev–Trinajstić information content (AvgIpc) is 3.01. The minimum Gasteiger partial charge on any atom is -0.496 e. The fraction of sp³-hybridized carbons (Fsp3) is 0.143. The van der Waals surface area contributed by atoms with Crippen LogP contribution in [-0.2, 0) is 0 Å². The van der Waals surface area contributed by atoms with Gasteiger partial charge < -0.3 is 9.30 Å². The molecule has 8 nitrogen and oxygen atoms in total. The molecule has 0 aliphatic rings. The Morgan fingerprint density at radius 2 is 1.90 bits per heavy atom. The van der Waals surface area contributed by atoms with E-state index in [0.29, 0.717) is 0 Å². The van der Waals surface area contributed by atoms with Crippen molar-refractivity contribution < 1.29 is 14.5 Å². The number of benzene rings is 2. The largest absolute Gasteiger partial charge is 0.496 e. The van der Waals surface area contributed by atoms with Gasteiger partial charge in [-0.3, -0.25) is 14.9 Å². The van der Waals surface area contributed by atoms with Crippen LogP contribution in [0.15, 0.2) is 53.6 Å². The van der Waals surface area contributed by atoms with Crippen molar-refractivity contribution in [3.63, 3.8) is 0 Å². The number of halogens is 1. The topological polar surface area (TPSA) is 98.8 Å². The number of hydrogen-bond acceptors (Lipinski definition) is 5. The van der Waals surface area contributed by atoms with Crippen molar-refractivity contribution in [3.05, 3.63) is 84.7 Å². The van der Waals surface area contributed by atoms with E-state index in [-0.39, 0.29) is 17.0 Å². The van der Waals surface area contributed by atoms with Crippen LogP contribution in [0.2, 0.25) is 0 Å². The average molecular weight is 518 g/mol. The Bertz CT molecular complexity index is 1140. The number of nitrogens with zero attached hydrogens (tertiary/aromatic N) is 3. The molecular formula is C21H19IN4O4. The minimum absolute atomic E-state index is 0.0354. The second-order valence-corrected chi connectivity index (χ2v) is 7.72. The molecule has 1 aromatic heterocycles. The Labute approximate surface area is 186 Å². The highest BCUT2D eigenvalue weighted by Crippen LogP contribution is 2.24. The summed E-state index contributed by atoms with van der Waals surface area (Å²) < 4.78 is 8.37. The van der Waals surface area contributed by atoms with Gasteiger partial charge in [0, 0.05) is 38.3 Å². The number of aromatic nitrogens is 1. The quantitative estimate of drug-likeness (QED) is 0.227. The lowest BCUT2D eigenvalue weighted by molar-refractivity contribution is -0.384. The van der Waals surface area contributed by atoms with Gasteiger partial charge in [-0.1, -0.05) is 0 Å². The van der Waals surface area contributed by atoms with Crippen molar-refractivity contribution >= 4 is 40.4 Å². The van der Waals surface area contributed by atoms with Gasteiger partial charge in [0.25, 0.3) is 11.6 Å². The van der Waals surface area contributed by atoms with E-state index in [1.807, 2.05) is 44.2 Å². The van der Waals surface area contributed by atoms with Gasteiger partial charge in [-0.15, -0.1) is 0 Å². The third-order valence-electron chi connectivity index (χ3n) is 4.56. The number of carbonyl (C=O) groups is 1. The molecule has 0 aliphatic carbocycles.